The molecule has 5 nitrogen and oxygen atoms in total. The minimum absolute atomic E-state index is 0.0553. The molecule has 27 heavy (non-hydrogen) atoms. The van der Waals surface area contributed by atoms with Crippen molar-refractivity contribution in [1.29, 1.82) is 0 Å². The lowest BCUT2D eigenvalue weighted by atomic mass is 9.97. The summed E-state index contributed by atoms with van der Waals surface area (Å²) < 4.78 is 5.58. The lowest BCUT2D eigenvalue weighted by Gasteiger charge is -2.21. The van der Waals surface area contributed by atoms with Crippen LogP contribution in [0.3, 0.4) is 0 Å². The van der Waals surface area contributed by atoms with Crippen molar-refractivity contribution < 1.29 is 19.1 Å². The van der Waals surface area contributed by atoms with Gasteiger partial charge in [0.2, 0.25) is 0 Å². The second-order valence-corrected chi connectivity index (χ2v) is 7.16. The summed E-state index contributed by atoms with van der Waals surface area (Å²) in [5.41, 5.74) is 2.28. The van der Waals surface area contributed by atoms with Crippen molar-refractivity contribution in [3.05, 3.63) is 64.7 Å². The first kappa shape index (κ1) is 17.5. The maximum atomic E-state index is 12.9. The Labute approximate surface area is 157 Å². The highest BCUT2D eigenvalue weighted by Crippen LogP contribution is 2.31. The first-order valence-electron chi connectivity index (χ1n) is 9.35. The topological polar surface area (TPSA) is 63.7 Å². The number of hydrogen-bond acceptors (Lipinski definition) is 4. The first-order valence-corrected chi connectivity index (χ1v) is 9.35. The van der Waals surface area contributed by atoms with E-state index in [0.717, 1.165) is 31.2 Å². The maximum absolute atomic E-state index is 12.9. The zero-order chi connectivity index (χ0) is 19.0. The van der Waals surface area contributed by atoms with E-state index in [1.807, 2.05) is 19.1 Å². The van der Waals surface area contributed by atoms with Crippen molar-refractivity contribution in [1.82, 2.24) is 0 Å². The summed E-state index contributed by atoms with van der Waals surface area (Å²) in [7, 11) is 0. The van der Waals surface area contributed by atoms with E-state index < -0.39 is 11.9 Å². The molecule has 4 rings (SSSR count). The SMILES string of the molecule is Cc1ccccc1N1C(=O)c2ccc(C(=O)OC3CCCCC3)cc2C1=O. The Hall–Kier alpha value is -2.95. The van der Waals surface area contributed by atoms with Gasteiger partial charge in [0.05, 0.1) is 22.4 Å². The lowest BCUT2D eigenvalue weighted by Crippen LogP contribution is -2.29. The predicted octanol–water partition coefficient (Wildman–Crippen LogP) is 4.29. The fraction of sp³-hybridized carbons (Fsp3) is 0.318. The Morgan fingerprint density at radius 3 is 2.41 bits per heavy atom. The zero-order valence-electron chi connectivity index (χ0n) is 15.2. The van der Waals surface area contributed by atoms with Gasteiger partial charge >= 0.3 is 5.97 Å². The van der Waals surface area contributed by atoms with Crippen molar-refractivity contribution in [2.45, 2.75) is 45.1 Å². The molecule has 1 fully saturated rings. The number of fused-ring (bicyclic) bond motifs is 1. The van der Waals surface area contributed by atoms with E-state index in [4.69, 9.17) is 4.74 Å². The van der Waals surface area contributed by atoms with Crippen LogP contribution in [0.4, 0.5) is 5.69 Å². The molecule has 1 aliphatic heterocycles. The van der Waals surface area contributed by atoms with Crippen LogP contribution >= 0.6 is 0 Å². The molecule has 2 aromatic carbocycles. The molecular weight excluding hydrogens is 342 g/mol. The zero-order valence-corrected chi connectivity index (χ0v) is 15.2. The van der Waals surface area contributed by atoms with E-state index in [2.05, 4.69) is 0 Å². The van der Waals surface area contributed by atoms with Gasteiger partial charge in [-0.05, 0) is 62.4 Å². The van der Waals surface area contributed by atoms with E-state index in [9.17, 15) is 14.4 Å². The average Bonchev–Trinajstić information content (AvgIpc) is 2.93. The van der Waals surface area contributed by atoms with Gasteiger partial charge in [-0.2, -0.15) is 0 Å². The molecule has 138 valence electrons. The number of aryl methyl sites for hydroxylation is 1. The van der Waals surface area contributed by atoms with Crippen molar-refractivity contribution in [2.24, 2.45) is 0 Å². The van der Waals surface area contributed by atoms with Crippen LogP contribution in [0.5, 0.6) is 0 Å². The molecular formula is C22H21NO4. The molecule has 0 bridgehead atoms. The number of benzene rings is 2. The van der Waals surface area contributed by atoms with Crippen LogP contribution in [0.2, 0.25) is 0 Å². The van der Waals surface area contributed by atoms with Gasteiger partial charge in [0.15, 0.2) is 0 Å². The number of amides is 2. The Morgan fingerprint density at radius 1 is 0.963 bits per heavy atom. The third kappa shape index (κ3) is 3.14. The Kier molecular flexibility index (Phi) is 4.52. The van der Waals surface area contributed by atoms with Gasteiger partial charge in [-0.3, -0.25) is 9.59 Å². The number of para-hydroxylation sites is 1. The van der Waals surface area contributed by atoms with Crippen LogP contribution in [0.25, 0.3) is 0 Å². The smallest absolute Gasteiger partial charge is 0.338 e. The fourth-order valence-electron chi connectivity index (χ4n) is 3.80. The number of nitrogens with zero attached hydrogens (tertiary/aromatic N) is 1. The number of esters is 1. The molecule has 5 heteroatoms. The third-order valence-corrected chi connectivity index (χ3v) is 5.30. The Bertz CT molecular complexity index is 928. The molecule has 0 radical (unpaired) electrons. The van der Waals surface area contributed by atoms with Gasteiger partial charge < -0.3 is 4.74 Å². The van der Waals surface area contributed by atoms with E-state index in [1.54, 1.807) is 24.3 Å². The van der Waals surface area contributed by atoms with Crippen LogP contribution < -0.4 is 4.90 Å². The first-order chi connectivity index (χ1) is 13.1. The summed E-state index contributed by atoms with van der Waals surface area (Å²) in [6.07, 6.45) is 5.03. The van der Waals surface area contributed by atoms with E-state index in [-0.39, 0.29) is 17.6 Å². The standard InChI is InChI=1S/C22H21NO4/c1-14-7-5-6-10-19(14)23-20(24)17-12-11-15(13-18(17)21(23)25)22(26)27-16-8-3-2-4-9-16/h5-7,10-13,16H,2-4,8-9H2,1H3. The Balaban J connectivity index is 1.60. The van der Waals surface area contributed by atoms with Crippen LogP contribution in [0.1, 0.15) is 68.7 Å². The molecule has 2 aliphatic rings. The van der Waals surface area contributed by atoms with Gasteiger partial charge in [-0.25, -0.2) is 9.69 Å². The van der Waals surface area contributed by atoms with Crippen LogP contribution in [-0.4, -0.2) is 23.9 Å². The van der Waals surface area contributed by atoms with Gasteiger partial charge in [-0.1, -0.05) is 24.6 Å². The second-order valence-electron chi connectivity index (χ2n) is 7.16. The van der Waals surface area contributed by atoms with Crippen molar-refractivity contribution in [2.75, 3.05) is 4.90 Å². The molecule has 0 saturated heterocycles. The molecule has 0 N–H and O–H groups in total. The number of hydrogen-bond donors (Lipinski definition) is 0. The van der Waals surface area contributed by atoms with Gasteiger partial charge in [0.25, 0.3) is 11.8 Å². The Morgan fingerprint density at radius 2 is 1.67 bits per heavy atom. The molecule has 1 saturated carbocycles. The van der Waals surface area contributed by atoms with Gasteiger partial charge in [0, 0.05) is 0 Å². The number of imide groups is 1. The van der Waals surface area contributed by atoms with E-state index in [0.29, 0.717) is 16.8 Å². The monoisotopic (exact) mass is 363 g/mol. The molecule has 2 amide bonds. The largest absolute Gasteiger partial charge is 0.459 e. The predicted molar refractivity (Wildman–Crippen MR) is 101 cm³/mol. The average molecular weight is 363 g/mol. The van der Waals surface area contributed by atoms with Gasteiger partial charge in [0.1, 0.15) is 6.10 Å². The van der Waals surface area contributed by atoms with E-state index >= 15 is 0 Å². The molecule has 0 atom stereocenters. The molecule has 2 aromatic rings. The number of ether oxygens (including phenoxy) is 1. The maximum Gasteiger partial charge on any atom is 0.338 e. The molecule has 1 heterocycles. The third-order valence-electron chi connectivity index (χ3n) is 5.30. The van der Waals surface area contributed by atoms with Crippen molar-refractivity contribution in [3.63, 3.8) is 0 Å². The number of anilines is 1. The number of carbonyl (C=O) groups is 3. The summed E-state index contributed by atoms with van der Waals surface area (Å²) in [4.78, 5) is 39.3. The fourth-order valence-corrected chi connectivity index (χ4v) is 3.80. The van der Waals surface area contributed by atoms with Crippen LogP contribution in [0, 0.1) is 6.92 Å². The molecule has 1 aliphatic carbocycles. The van der Waals surface area contributed by atoms with E-state index in [1.165, 1.54) is 17.4 Å². The van der Waals surface area contributed by atoms with Crippen LogP contribution in [-0.2, 0) is 4.74 Å². The van der Waals surface area contributed by atoms with Crippen molar-refractivity contribution >= 4 is 23.5 Å². The highest BCUT2D eigenvalue weighted by molar-refractivity contribution is 6.34. The minimum atomic E-state index is -0.431. The quantitative estimate of drug-likeness (QED) is 0.603. The highest BCUT2D eigenvalue weighted by Gasteiger charge is 2.38. The molecule has 0 aromatic heterocycles. The molecule has 0 spiro atoms. The number of rotatable bonds is 3. The number of carbonyl (C=O) groups excluding carboxylic acids is 3. The highest BCUT2D eigenvalue weighted by atomic mass is 16.5. The molecule has 0 unspecified atom stereocenters. The summed E-state index contributed by atoms with van der Waals surface area (Å²) in [5, 5.41) is 0. The minimum Gasteiger partial charge on any atom is -0.459 e. The summed E-state index contributed by atoms with van der Waals surface area (Å²) in [6.45, 7) is 1.85. The van der Waals surface area contributed by atoms with Gasteiger partial charge in [-0.15, -0.1) is 0 Å². The van der Waals surface area contributed by atoms with Crippen LogP contribution in [0.15, 0.2) is 42.5 Å². The lowest BCUT2D eigenvalue weighted by molar-refractivity contribution is 0.0211. The van der Waals surface area contributed by atoms with Crippen molar-refractivity contribution in [3.8, 4) is 0 Å². The summed E-state index contributed by atoms with van der Waals surface area (Å²) in [6, 6.07) is 11.8. The second kappa shape index (κ2) is 6.99. The normalized spacial score (nSPS) is 17.1. The summed E-state index contributed by atoms with van der Waals surface area (Å²) in [5.74, 6) is -1.20. The summed E-state index contributed by atoms with van der Waals surface area (Å²) >= 11 is 0.